The lowest BCUT2D eigenvalue weighted by Gasteiger charge is -2.29. The minimum atomic E-state index is 0.168. The molecule has 0 atom stereocenters. The Labute approximate surface area is 147 Å². The highest BCUT2D eigenvalue weighted by atomic mass is 16.5. The SMILES string of the molecule is CCNC(=NCc1ccc(C)cc1OC)NCC(C)(C)CN(C)C. The summed E-state index contributed by atoms with van der Waals surface area (Å²) in [5.41, 5.74) is 2.45. The quantitative estimate of drug-likeness (QED) is 0.567. The van der Waals surface area contributed by atoms with E-state index < -0.39 is 0 Å². The molecule has 0 heterocycles. The van der Waals surface area contributed by atoms with Crippen molar-refractivity contribution in [3.8, 4) is 5.75 Å². The van der Waals surface area contributed by atoms with Crippen LogP contribution in [0.5, 0.6) is 5.75 Å². The maximum atomic E-state index is 5.46. The Balaban J connectivity index is 2.75. The molecule has 2 N–H and O–H groups in total. The van der Waals surface area contributed by atoms with Gasteiger partial charge in [-0.05, 0) is 45.0 Å². The molecule has 5 nitrogen and oxygen atoms in total. The van der Waals surface area contributed by atoms with E-state index in [0.717, 1.165) is 36.9 Å². The van der Waals surface area contributed by atoms with Crippen molar-refractivity contribution in [2.24, 2.45) is 10.4 Å². The number of hydrogen-bond acceptors (Lipinski definition) is 3. The number of nitrogens with zero attached hydrogens (tertiary/aromatic N) is 2. The molecule has 0 saturated carbocycles. The first-order chi connectivity index (χ1) is 11.3. The second-order valence-electron chi connectivity index (χ2n) is 7.27. The lowest BCUT2D eigenvalue weighted by molar-refractivity contribution is 0.241. The Morgan fingerprint density at radius 1 is 1.25 bits per heavy atom. The number of ether oxygens (including phenoxy) is 1. The number of guanidine groups is 1. The summed E-state index contributed by atoms with van der Waals surface area (Å²) in [5, 5.41) is 6.77. The number of benzene rings is 1. The lowest BCUT2D eigenvalue weighted by Crippen LogP contribution is -2.44. The average molecular weight is 335 g/mol. The second-order valence-corrected chi connectivity index (χ2v) is 7.27. The summed E-state index contributed by atoms with van der Waals surface area (Å²) in [6.45, 7) is 12.0. The molecule has 0 bridgehead atoms. The van der Waals surface area contributed by atoms with Gasteiger partial charge in [-0.2, -0.15) is 0 Å². The summed E-state index contributed by atoms with van der Waals surface area (Å²) in [6, 6.07) is 6.22. The molecule has 0 amide bonds. The fourth-order valence-corrected chi connectivity index (χ4v) is 2.72. The number of methoxy groups -OCH3 is 1. The van der Waals surface area contributed by atoms with Crippen LogP contribution >= 0.6 is 0 Å². The first-order valence-corrected chi connectivity index (χ1v) is 8.58. The highest BCUT2D eigenvalue weighted by Gasteiger charge is 2.19. The van der Waals surface area contributed by atoms with Gasteiger partial charge in [0.25, 0.3) is 0 Å². The van der Waals surface area contributed by atoms with Crippen molar-refractivity contribution < 1.29 is 4.74 Å². The normalized spacial score (nSPS) is 12.4. The number of aryl methyl sites for hydroxylation is 1. The van der Waals surface area contributed by atoms with Crippen LogP contribution in [-0.2, 0) is 6.54 Å². The Kier molecular flexibility index (Phi) is 8.05. The van der Waals surface area contributed by atoms with E-state index in [0.29, 0.717) is 6.54 Å². The number of hydrogen-bond donors (Lipinski definition) is 2. The van der Waals surface area contributed by atoms with Crippen LogP contribution in [0.15, 0.2) is 23.2 Å². The summed E-state index contributed by atoms with van der Waals surface area (Å²) in [7, 11) is 5.91. The Bertz CT molecular complexity index is 538. The standard InChI is InChI=1S/C19H34N4O/c1-8-20-18(22-13-19(3,4)14-23(5)6)21-12-16-10-9-15(2)11-17(16)24-7/h9-11H,8,12-14H2,1-7H3,(H2,20,21,22). The van der Waals surface area contributed by atoms with E-state index in [9.17, 15) is 0 Å². The van der Waals surface area contributed by atoms with Crippen LogP contribution in [0.4, 0.5) is 0 Å². The number of nitrogens with one attached hydrogen (secondary N) is 2. The van der Waals surface area contributed by atoms with Crippen LogP contribution in [0.25, 0.3) is 0 Å². The van der Waals surface area contributed by atoms with Gasteiger partial charge in [-0.15, -0.1) is 0 Å². The van der Waals surface area contributed by atoms with Gasteiger partial charge in [0.05, 0.1) is 13.7 Å². The molecular weight excluding hydrogens is 300 g/mol. The van der Waals surface area contributed by atoms with Gasteiger partial charge >= 0.3 is 0 Å². The van der Waals surface area contributed by atoms with Gasteiger partial charge in [-0.3, -0.25) is 0 Å². The van der Waals surface area contributed by atoms with Crippen LogP contribution in [0.2, 0.25) is 0 Å². The molecule has 0 aromatic heterocycles. The first-order valence-electron chi connectivity index (χ1n) is 8.58. The summed E-state index contributed by atoms with van der Waals surface area (Å²) in [5.74, 6) is 1.73. The zero-order chi connectivity index (χ0) is 18.2. The monoisotopic (exact) mass is 334 g/mol. The third-order valence-corrected chi connectivity index (χ3v) is 3.67. The van der Waals surface area contributed by atoms with Crippen LogP contribution < -0.4 is 15.4 Å². The van der Waals surface area contributed by atoms with Crippen molar-refractivity contribution in [3.05, 3.63) is 29.3 Å². The smallest absolute Gasteiger partial charge is 0.191 e. The summed E-state index contributed by atoms with van der Waals surface area (Å²) < 4.78 is 5.46. The van der Waals surface area contributed by atoms with E-state index in [1.54, 1.807) is 7.11 Å². The molecule has 24 heavy (non-hydrogen) atoms. The van der Waals surface area contributed by atoms with E-state index in [1.807, 2.05) is 6.07 Å². The Morgan fingerprint density at radius 3 is 2.54 bits per heavy atom. The maximum Gasteiger partial charge on any atom is 0.191 e. The maximum absolute atomic E-state index is 5.46. The van der Waals surface area contributed by atoms with Crippen LogP contribution in [0.1, 0.15) is 31.9 Å². The molecule has 0 unspecified atom stereocenters. The molecule has 0 aliphatic carbocycles. The van der Waals surface area contributed by atoms with Crippen molar-refractivity contribution in [3.63, 3.8) is 0 Å². The van der Waals surface area contributed by atoms with E-state index in [2.05, 4.69) is 69.5 Å². The third kappa shape index (κ3) is 7.21. The molecule has 136 valence electrons. The van der Waals surface area contributed by atoms with E-state index in [-0.39, 0.29) is 5.41 Å². The Hall–Kier alpha value is -1.75. The molecule has 1 rings (SSSR count). The minimum Gasteiger partial charge on any atom is -0.496 e. The zero-order valence-electron chi connectivity index (χ0n) is 16.4. The van der Waals surface area contributed by atoms with Gasteiger partial charge in [-0.1, -0.05) is 26.0 Å². The van der Waals surface area contributed by atoms with Crippen molar-refractivity contribution in [1.29, 1.82) is 0 Å². The fourth-order valence-electron chi connectivity index (χ4n) is 2.72. The molecule has 0 fully saturated rings. The van der Waals surface area contributed by atoms with Crippen molar-refractivity contribution in [1.82, 2.24) is 15.5 Å². The molecule has 1 aromatic carbocycles. The highest BCUT2D eigenvalue weighted by Crippen LogP contribution is 2.20. The third-order valence-electron chi connectivity index (χ3n) is 3.67. The van der Waals surface area contributed by atoms with Gasteiger partial charge in [0, 0.05) is 25.2 Å². The summed E-state index contributed by atoms with van der Waals surface area (Å²) in [6.07, 6.45) is 0. The molecule has 0 spiro atoms. The van der Waals surface area contributed by atoms with Gasteiger partial charge < -0.3 is 20.3 Å². The lowest BCUT2D eigenvalue weighted by atomic mass is 9.93. The van der Waals surface area contributed by atoms with E-state index in [1.165, 1.54) is 5.56 Å². The molecule has 0 aliphatic heterocycles. The minimum absolute atomic E-state index is 0.168. The Morgan fingerprint density at radius 2 is 1.96 bits per heavy atom. The van der Waals surface area contributed by atoms with Crippen molar-refractivity contribution in [2.75, 3.05) is 40.8 Å². The van der Waals surface area contributed by atoms with Gasteiger partial charge in [0.1, 0.15) is 5.75 Å². The van der Waals surface area contributed by atoms with Gasteiger partial charge in [-0.25, -0.2) is 4.99 Å². The van der Waals surface area contributed by atoms with E-state index >= 15 is 0 Å². The fraction of sp³-hybridized carbons (Fsp3) is 0.632. The molecule has 0 aliphatic rings. The first kappa shape index (κ1) is 20.3. The van der Waals surface area contributed by atoms with E-state index in [4.69, 9.17) is 9.73 Å². The summed E-state index contributed by atoms with van der Waals surface area (Å²) >= 11 is 0. The molecular formula is C19H34N4O. The van der Waals surface area contributed by atoms with Crippen LogP contribution in [-0.4, -0.2) is 51.7 Å². The van der Waals surface area contributed by atoms with Gasteiger partial charge in [0.15, 0.2) is 5.96 Å². The highest BCUT2D eigenvalue weighted by molar-refractivity contribution is 5.79. The van der Waals surface area contributed by atoms with Gasteiger partial charge in [0.2, 0.25) is 0 Å². The average Bonchev–Trinajstić information content (AvgIpc) is 2.49. The zero-order valence-corrected chi connectivity index (χ0v) is 16.4. The predicted molar refractivity (Wildman–Crippen MR) is 103 cm³/mol. The largest absolute Gasteiger partial charge is 0.496 e. The topological polar surface area (TPSA) is 48.9 Å². The molecule has 0 radical (unpaired) electrons. The predicted octanol–water partition coefficient (Wildman–Crippen LogP) is 2.65. The molecule has 5 heteroatoms. The van der Waals surface area contributed by atoms with Crippen LogP contribution in [0.3, 0.4) is 0 Å². The molecule has 1 aromatic rings. The van der Waals surface area contributed by atoms with Crippen molar-refractivity contribution in [2.45, 2.75) is 34.2 Å². The summed E-state index contributed by atoms with van der Waals surface area (Å²) in [4.78, 5) is 6.92. The number of aliphatic imine (C=N–C) groups is 1. The number of rotatable bonds is 8. The second kappa shape index (κ2) is 9.52. The molecule has 0 saturated heterocycles. The van der Waals surface area contributed by atoms with Crippen LogP contribution in [0, 0.1) is 12.3 Å². The van der Waals surface area contributed by atoms with Crippen molar-refractivity contribution >= 4 is 5.96 Å².